The smallest absolute Gasteiger partial charge is 0.219 e. The minimum atomic E-state index is 0.0881. The molecule has 116 valence electrons. The monoisotopic (exact) mass is 297 g/mol. The lowest BCUT2D eigenvalue weighted by Crippen LogP contribution is -2.14. The van der Waals surface area contributed by atoms with Gasteiger partial charge < -0.3 is 4.74 Å². The SMILES string of the molecule is CCC(=O)c1ccc(Oc2ccc(C(C)(C)CC)cc2)nc1. The Labute approximate surface area is 132 Å². The summed E-state index contributed by atoms with van der Waals surface area (Å²) in [4.78, 5) is 15.7. The van der Waals surface area contributed by atoms with Crippen LogP contribution >= 0.6 is 0 Å². The lowest BCUT2D eigenvalue weighted by Gasteiger charge is -2.23. The van der Waals surface area contributed by atoms with Crippen LogP contribution in [0.5, 0.6) is 11.6 Å². The molecular formula is C19H23NO2. The number of nitrogens with zero attached hydrogens (tertiary/aromatic N) is 1. The molecule has 0 amide bonds. The molecule has 0 unspecified atom stereocenters. The third-order valence-electron chi connectivity index (χ3n) is 4.12. The number of rotatable bonds is 6. The highest BCUT2D eigenvalue weighted by Crippen LogP contribution is 2.29. The van der Waals surface area contributed by atoms with Crippen LogP contribution in [0, 0.1) is 0 Å². The van der Waals surface area contributed by atoms with E-state index in [1.807, 2.05) is 19.1 Å². The van der Waals surface area contributed by atoms with E-state index in [4.69, 9.17) is 4.74 Å². The van der Waals surface area contributed by atoms with Crippen LogP contribution in [0.3, 0.4) is 0 Å². The van der Waals surface area contributed by atoms with Gasteiger partial charge in [-0.05, 0) is 35.6 Å². The second-order valence-corrected chi connectivity index (χ2v) is 6.03. The van der Waals surface area contributed by atoms with E-state index in [9.17, 15) is 4.79 Å². The molecule has 1 aromatic heterocycles. The van der Waals surface area contributed by atoms with Crippen molar-refractivity contribution >= 4 is 5.78 Å². The van der Waals surface area contributed by atoms with E-state index >= 15 is 0 Å². The van der Waals surface area contributed by atoms with Crippen molar-refractivity contribution in [3.63, 3.8) is 0 Å². The molecule has 0 aliphatic heterocycles. The van der Waals surface area contributed by atoms with Crippen LogP contribution < -0.4 is 4.74 Å². The minimum Gasteiger partial charge on any atom is -0.439 e. The number of benzene rings is 1. The Morgan fingerprint density at radius 3 is 2.27 bits per heavy atom. The molecule has 0 aliphatic rings. The lowest BCUT2D eigenvalue weighted by atomic mass is 9.82. The van der Waals surface area contributed by atoms with Crippen molar-refractivity contribution in [2.75, 3.05) is 0 Å². The van der Waals surface area contributed by atoms with Crippen LogP contribution in [0.1, 0.15) is 56.5 Å². The molecule has 3 heteroatoms. The zero-order valence-corrected chi connectivity index (χ0v) is 13.7. The van der Waals surface area contributed by atoms with E-state index in [1.54, 1.807) is 18.3 Å². The number of carbonyl (C=O) groups is 1. The van der Waals surface area contributed by atoms with Gasteiger partial charge in [-0.15, -0.1) is 0 Å². The highest BCUT2D eigenvalue weighted by molar-refractivity contribution is 5.95. The third-order valence-corrected chi connectivity index (χ3v) is 4.12. The van der Waals surface area contributed by atoms with Crippen molar-refractivity contribution in [3.8, 4) is 11.6 Å². The number of hydrogen-bond acceptors (Lipinski definition) is 3. The average Bonchev–Trinajstić information content (AvgIpc) is 2.55. The highest BCUT2D eigenvalue weighted by Gasteiger charge is 2.17. The van der Waals surface area contributed by atoms with Gasteiger partial charge in [0.2, 0.25) is 5.88 Å². The molecule has 1 heterocycles. The van der Waals surface area contributed by atoms with Crippen LogP contribution in [0.4, 0.5) is 0 Å². The van der Waals surface area contributed by atoms with Gasteiger partial charge in [-0.1, -0.05) is 39.8 Å². The molecule has 0 saturated carbocycles. The van der Waals surface area contributed by atoms with Crippen molar-refractivity contribution in [1.29, 1.82) is 0 Å². The summed E-state index contributed by atoms with van der Waals surface area (Å²) in [5.74, 6) is 1.33. The molecule has 0 spiro atoms. The second-order valence-electron chi connectivity index (χ2n) is 6.03. The van der Waals surface area contributed by atoms with Crippen LogP contribution in [0.15, 0.2) is 42.6 Å². The van der Waals surface area contributed by atoms with Crippen molar-refractivity contribution in [2.45, 2.75) is 46.0 Å². The predicted molar refractivity (Wildman–Crippen MR) is 88.7 cm³/mol. The Bertz CT molecular complexity index is 627. The van der Waals surface area contributed by atoms with Gasteiger partial charge in [-0.3, -0.25) is 4.79 Å². The summed E-state index contributed by atoms with van der Waals surface area (Å²) >= 11 is 0. The second kappa shape index (κ2) is 6.73. The number of aromatic nitrogens is 1. The standard InChI is InChI=1S/C19H23NO2/c1-5-17(21)14-7-12-18(20-13-14)22-16-10-8-15(9-11-16)19(3,4)6-2/h7-13H,5-6H2,1-4H3. The van der Waals surface area contributed by atoms with Gasteiger partial charge in [-0.2, -0.15) is 0 Å². The first kappa shape index (κ1) is 16.2. The summed E-state index contributed by atoms with van der Waals surface area (Å²) in [6.45, 7) is 8.49. The van der Waals surface area contributed by atoms with E-state index in [0.29, 0.717) is 17.9 Å². The fourth-order valence-corrected chi connectivity index (χ4v) is 2.11. The van der Waals surface area contributed by atoms with Crippen molar-refractivity contribution < 1.29 is 9.53 Å². The van der Waals surface area contributed by atoms with Gasteiger partial charge in [0.05, 0.1) is 0 Å². The summed E-state index contributed by atoms with van der Waals surface area (Å²) in [7, 11) is 0. The van der Waals surface area contributed by atoms with E-state index in [-0.39, 0.29) is 11.2 Å². The number of Topliss-reactive ketones (excluding diaryl/α,β-unsaturated/α-hetero) is 1. The number of pyridine rings is 1. The molecule has 0 aliphatic carbocycles. The minimum absolute atomic E-state index is 0.0881. The Morgan fingerprint density at radius 2 is 1.77 bits per heavy atom. The van der Waals surface area contributed by atoms with E-state index < -0.39 is 0 Å². The van der Waals surface area contributed by atoms with Crippen LogP contribution in [-0.2, 0) is 5.41 Å². The molecule has 22 heavy (non-hydrogen) atoms. The van der Waals surface area contributed by atoms with Crippen LogP contribution in [-0.4, -0.2) is 10.8 Å². The molecule has 0 atom stereocenters. The molecule has 1 aromatic carbocycles. The van der Waals surface area contributed by atoms with Gasteiger partial charge in [0, 0.05) is 24.2 Å². The first-order chi connectivity index (χ1) is 10.5. The molecule has 0 radical (unpaired) electrons. The molecule has 0 bridgehead atoms. The largest absolute Gasteiger partial charge is 0.439 e. The molecular weight excluding hydrogens is 274 g/mol. The molecule has 2 aromatic rings. The Balaban J connectivity index is 2.09. The van der Waals surface area contributed by atoms with Crippen molar-refractivity contribution in [3.05, 3.63) is 53.7 Å². The summed E-state index contributed by atoms with van der Waals surface area (Å²) in [6, 6.07) is 11.6. The molecule has 0 fully saturated rings. The van der Waals surface area contributed by atoms with Crippen molar-refractivity contribution in [2.24, 2.45) is 0 Å². The fraction of sp³-hybridized carbons (Fsp3) is 0.368. The molecule has 3 nitrogen and oxygen atoms in total. The topological polar surface area (TPSA) is 39.2 Å². The number of ether oxygens (including phenoxy) is 1. The van der Waals surface area contributed by atoms with Gasteiger partial charge in [0.1, 0.15) is 5.75 Å². The maximum absolute atomic E-state index is 11.6. The summed E-state index contributed by atoms with van der Waals surface area (Å²) in [5, 5.41) is 0. The van der Waals surface area contributed by atoms with E-state index in [1.165, 1.54) is 5.56 Å². The Hall–Kier alpha value is -2.16. The molecule has 2 rings (SSSR count). The maximum atomic E-state index is 11.6. The highest BCUT2D eigenvalue weighted by atomic mass is 16.5. The fourth-order valence-electron chi connectivity index (χ4n) is 2.11. The first-order valence-electron chi connectivity index (χ1n) is 7.74. The van der Waals surface area contributed by atoms with Crippen LogP contribution in [0.25, 0.3) is 0 Å². The zero-order chi connectivity index (χ0) is 16.2. The van der Waals surface area contributed by atoms with Gasteiger partial charge in [0.25, 0.3) is 0 Å². The lowest BCUT2D eigenvalue weighted by molar-refractivity contribution is 0.0988. The predicted octanol–water partition coefficient (Wildman–Crippen LogP) is 5.15. The number of hydrogen-bond donors (Lipinski definition) is 0. The normalized spacial score (nSPS) is 11.3. The summed E-state index contributed by atoms with van der Waals surface area (Å²) in [5.41, 5.74) is 2.08. The quantitative estimate of drug-likeness (QED) is 0.692. The third kappa shape index (κ3) is 3.73. The first-order valence-corrected chi connectivity index (χ1v) is 7.74. The summed E-state index contributed by atoms with van der Waals surface area (Å²) < 4.78 is 5.73. The van der Waals surface area contributed by atoms with E-state index in [0.717, 1.165) is 12.2 Å². The van der Waals surface area contributed by atoms with Gasteiger partial charge in [-0.25, -0.2) is 4.98 Å². The number of ketones is 1. The Kier molecular flexibility index (Phi) is 4.96. The molecule has 0 saturated heterocycles. The van der Waals surface area contributed by atoms with Crippen molar-refractivity contribution in [1.82, 2.24) is 4.98 Å². The van der Waals surface area contributed by atoms with E-state index in [2.05, 4.69) is 37.9 Å². The van der Waals surface area contributed by atoms with Crippen LogP contribution in [0.2, 0.25) is 0 Å². The van der Waals surface area contributed by atoms with Gasteiger partial charge >= 0.3 is 0 Å². The average molecular weight is 297 g/mol. The zero-order valence-electron chi connectivity index (χ0n) is 13.7. The number of carbonyl (C=O) groups excluding carboxylic acids is 1. The maximum Gasteiger partial charge on any atom is 0.219 e. The van der Waals surface area contributed by atoms with Gasteiger partial charge in [0.15, 0.2) is 5.78 Å². The molecule has 0 N–H and O–H groups in total. The Morgan fingerprint density at radius 1 is 1.09 bits per heavy atom. The summed E-state index contributed by atoms with van der Waals surface area (Å²) in [6.07, 6.45) is 3.13.